The summed E-state index contributed by atoms with van der Waals surface area (Å²) in [6, 6.07) is 0. The number of carbonyl (C=O) groups excluding carboxylic acids is 2. The minimum atomic E-state index is -1.14. The van der Waals surface area contributed by atoms with Crippen LogP contribution in [0.25, 0.3) is 0 Å². The highest BCUT2D eigenvalue weighted by Crippen LogP contribution is 2.10. The molecule has 1 rings (SSSR count). The third-order valence-electron chi connectivity index (χ3n) is 1.97. The van der Waals surface area contributed by atoms with E-state index in [4.69, 9.17) is 20.0 Å². The van der Waals surface area contributed by atoms with Crippen molar-refractivity contribution in [3.63, 3.8) is 0 Å². The molecule has 0 spiro atoms. The van der Waals surface area contributed by atoms with E-state index in [1.165, 1.54) is 0 Å². The number of carbonyl (C=O) groups is 2. The number of hydrogen-bond donors (Lipinski definition) is 1. The molecule has 100 valence electrons. The summed E-state index contributed by atoms with van der Waals surface area (Å²) in [7, 11) is 0. The van der Waals surface area contributed by atoms with Gasteiger partial charge in [0.15, 0.2) is 0 Å². The molecule has 0 atom stereocenters. The lowest BCUT2D eigenvalue weighted by Gasteiger charge is -2.16. The molecular formula is C11H16N2O5. The molecule has 1 aliphatic rings. The van der Waals surface area contributed by atoms with Crippen LogP contribution < -0.4 is 5.73 Å². The first-order chi connectivity index (χ1) is 8.67. The van der Waals surface area contributed by atoms with Crippen molar-refractivity contribution < 1.29 is 23.9 Å². The van der Waals surface area contributed by atoms with Crippen molar-refractivity contribution in [2.75, 3.05) is 13.2 Å². The molecule has 0 amide bonds. The molecule has 0 aromatic carbocycles. The van der Waals surface area contributed by atoms with Crippen LogP contribution in [0.5, 0.6) is 0 Å². The van der Waals surface area contributed by atoms with Crippen LogP contribution in [-0.4, -0.2) is 37.1 Å². The van der Waals surface area contributed by atoms with Gasteiger partial charge in [-0.2, -0.15) is 0 Å². The van der Waals surface area contributed by atoms with Crippen LogP contribution in [0.2, 0.25) is 0 Å². The van der Waals surface area contributed by atoms with E-state index >= 15 is 0 Å². The third kappa shape index (κ3) is 4.54. The van der Waals surface area contributed by atoms with Crippen LogP contribution in [0, 0.1) is 0 Å². The number of hydrogen-bond acceptors (Lipinski definition) is 7. The average molecular weight is 256 g/mol. The molecule has 7 heteroatoms. The second-order valence-corrected chi connectivity index (χ2v) is 3.49. The Hall–Kier alpha value is -1.89. The molecule has 0 aromatic rings. The standard InChI is InChI=1S/C11H16N2O5/c1-2-3-8(13-16-7-6-12)11-17-9(14)4-5-10(15)18-11/h4-5,11H,2-3,6-7,12H2,1H3/b13-8+. The lowest BCUT2D eigenvalue weighted by atomic mass is 10.2. The molecule has 0 fully saturated rings. The second kappa shape index (κ2) is 7.44. The van der Waals surface area contributed by atoms with Crippen molar-refractivity contribution in [3.8, 4) is 0 Å². The summed E-state index contributed by atoms with van der Waals surface area (Å²) in [6.45, 7) is 2.46. The van der Waals surface area contributed by atoms with Gasteiger partial charge in [0.1, 0.15) is 12.3 Å². The summed E-state index contributed by atoms with van der Waals surface area (Å²) in [4.78, 5) is 27.4. The fourth-order valence-electron chi connectivity index (χ4n) is 1.23. The predicted molar refractivity (Wildman–Crippen MR) is 62.5 cm³/mol. The van der Waals surface area contributed by atoms with Gasteiger partial charge in [-0.15, -0.1) is 0 Å². The van der Waals surface area contributed by atoms with Crippen molar-refractivity contribution in [1.82, 2.24) is 0 Å². The van der Waals surface area contributed by atoms with Crippen molar-refractivity contribution >= 4 is 17.7 Å². The van der Waals surface area contributed by atoms with Gasteiger partial charge in [0, 0.05) is 18.7 Å². The molecule has 0 unspecified atom stereocenters. The van der Waals surface area contributed by atoms with Gasteiger partial charge in [-0.05, 0) is 6.42 Å². The highest BCUT2D eigenvalue weighted by Gasteiger charge is 2.26. The molecule has 0 aliphatic carbocycles. The summed E-state index contributed by atoms with van der Waals surface area (Å²) in [5, 5.41) is 3.79. The smallest absolute Gasteiger partial charge is 0.334 e. The van der Waals surface area contributed by atoms with Gasteiger partial charge in [-0.25, -0.2) is 9.59 Å². The van der Waals surface area contributed by atoms with E-state index in [0.29, 0.717) is 18.7 Å². The zero-order chi connectivity index (χ0) is 13.4. The van der Waals surface area contributed by atoms with Crippen LogP contribution in [0.3, 0.4) is 0 Å². The number of cyclic esters (lactones) is 2. The van der Waals surface area contributed by atoms with Gasteiger partial charge in [-0.3, -0.25) is 0 Å². The maximum absolute atomic E-state index is 11.2. The minimum absolute atomic E-state index is 0.236. The van der Waals surface area contributed by atoms with Crippen molar-refractivity contribution in [2.45, 2.75) is 26.1 Å². The number of oxime groups is 1. The Morgan fingerprint density at radius 3 is 2.50 bits per heavy atom. The van der Waals surface area contributed by atoms with Crippen molar-refractivity contribution in [1.29, 1.82) is 0 Å². The molecule has 1 aliphatic heterocycles. The summed E-state index contributed by atoms with van der Waals surface area (Å²) in [5.41, 5.74) is 5.61. The molecule has 18 heavy (non-hydrogen) atoms. The van der Waals surface area contributed by atoms with Crippen LogP contribution >= 0.6 is 0 Å². The SMILES string of the molecule is CCC/C(=N\OCCN)C1OC(=O)C=CC(=O)O1. The first-order valence-electron chi connectivity index (χ1n) is 5.65. The minimum Gasteiger partial charge on any atom is -0.416 e. The van der Waals surface area contributed by atoms with E-state index in [1.54, 1.807) is 0 Å². The van der Waals surface area contributed by atoms with Gasteiger partial charge in [0.25, 0.3) is 6.29 Å². The number of nitrogens with two attached hydrogens (primary N) is 1. The number of ether oxygens (including phenoxy) is 2. The predicted octanol–water partition coefficient (Wildman–Crippen LogP) is 0.100. The van der Waals surface area contributed by atoms with E-state index in [1.807, 2.05) is 6.92 Å². The molecule has 0 radical (unpaired) electrons. The largest absolute Gasteiger partial charge is 0.416 e. The number of nitrogens with zero attached hydrogens (tertiary/aromatic N) is 1. The molecule has 0 aromatic heterocycles. The molecule has 1 heterocycles. The van der Waals surface area contributed by atoms with Crippen LogP contribution in [0.15, 0.2) is 17.3 Å². The summed E-state index contributed by atoms with van der Waals surface area (Å²) in [5.74, 6) is -1.32. The monoisotopic (exact) mass is 256 g/mol. The van der Waals surface area contributed by atoms with Crippen molar-refractivity contribution in [2.24, 2.45) is 10.9 Å². The molecule has 0 saturated carbocycles. The first kappa shape index (κ1) is 14.2. The Morgan fingerprint density at radius 2 is 2.00 bits per heavy atom. The van der Waals surface area contributed by atoms with Crippen molar-refractivity contribution in [3.05, 3.63) is 12.2 Å². The van der Waals surface area contributed by atoms with E-state index in [-0.39, 0.29) is 6.61 Å². The zero-order valence-corrected chi connectivity index (χ0v) is 10.1. The molecule has 0 bridgehead atoms. The van der Waals surface area contributed by atoms with E-state index in [9.17, 15) is 9.59 Å². The summed E-state index contributed by atoms with van der Waals surface area (Å²) < 4.78 is 9.83. The van der Waals surface area contributed by atoms with Gasteiger partial charge < -0.3 is 20.0 Å². The molecular weight excluding hydrogens is 240 g/mol. The zero-order valence-electron chi connectivity index (χ0n) is 10.1. The molecule has 7 nitrogen and oxygen atoms in total. The van der Waals surface area contributed by atoms with Crippen LogP contribution in [-0.2, 0) is 23.9 Å². The highest BCUT2D eigenvalue weighted by atomic mass is 16.7. The Labute approximate surface area is 105 Å². The van der Waals surface area contributed by atoms with Gasteiger partial charge in [-0.1, -0.05) is 18.5 Å². The maximum atomic E-state index is 11.2. The fourth-order valence-corrected chi connectivity index (χ4v) is 1.23. The Kier molecular flexibility index (Phi) is 5.86. The van der Waals surface area contributed by atoms with Gasteiger partial charge in [0.2, 0.25) is 0 Å². The third-order valence-corrected chi connectivity index (χ3v) is 1.97. The Balaban J connectivity index is 2.74. The van der Waals surface area contributed by atoms with Gasteiger partial charge >= 0.3 is 11.9 Å². The highest BCUT2D eigenvalue weighted by molar-refractivity contribution is 5.98. The van der Waals surface area contributed by atoms with E-state index < -0.39 is 18.2 Å². The van der Waals surface area contributed by atoms with Crippen LogP contribution in [0.1, 0.15) is 19.8 Å². The van der Waals surface area contributed by atoms with E-state index in [0.717, 1.165) is 18.6 Å². The molecule has 0 saturated heterocycles. The molecule has 2 N–H and O–H groups in total. The lowest BCUT2D eigenvalue weighted by Crippen LogP contribution is -2.30. The fraction of sp³-hybridized carbons (Fsp3) is 0.545. The topological polar surface area (TPSA) is 100 Å². The maximum Gasteiger partial charge on any atom is 0.334 e. The number of rotatable bonds is 6. The first-order valence-corrected chi connectivity index (χ1v) is 5.65. The van der Waals surface area contributed by atoms with Gasteiger partial charge in [0.05, 0.1) is 0 Å². The Morgan fingerprint density at radius 1 is 1.39 bits per heavy atom. The Bertz CT molecular complexity index is 344. The summed E-state index contributed by atoms with van der Waals surface area (Å²) >= 11 is 0. The van der Waals surface area contributed by atoms with Crippen LogP contribution in [0.4, 0.5) is 0 Å². The second-order valence-electron chi connectivity index (χ2n) is 3.49. The average Bonchev–Trinajstić information content (AvgIpc) is 2.50. The summed E-state index contributed by atoms with van der Waals surface area (Å²) in [6.07, 6.45) is 2.09. The lowest BCUT2D eigenvalue weighted by molar-refractivity contribution is -0.167. The number of esters is 2. The normalized spacial score (nSPS) is 17.1. The van der Waals surface area contributed by atoms with E-state index in [2.05, 4.69) is 5.16 Å². The quantitative estimate of drug-likeness (QED) is 0.313.